The maximum atomic E-state index is 11.4. The van der Waals surface area contributed by atoms with Gasteiger partial charge in [0.15, 0.2) is 0 Å². The molecule has 0 amide bonds. The van der Waals surface area contributed by atoms with E-state index < -0.39 is 13.7 Å². The van der Waals surface area contributed by atoms with Gasteiger partial charge in [-0.25, -0.2) is 0 Å². The molecule has 0 aliphatic heterocycles. The third-order valence-electron chi connectivity index (χ3n) is 1.65. The highest BCUT2D eigenvalue weighted by molar-refractivity contribution is 7.66. The molecule has 13 heavy (non-hydrogen) atoms. The zero-order chi connectivity index (χ0) is 9.90. The molecule has 4 nitrogen and oxygen atoms in total. The number of aliphatic hydroxyl groups is 1. The van der Waals surface area contributed by atoms with Crippen molar-refractivity contribution in [1.82, 2.24) is 0 Å². The van der Waals surface area contributed by atoms with Gasteiger partial charge in [0.1, 0.15) is 12.1 Å². The maximum Gasteiger partial charge on any atom is 0.257 e. The second-order valence-electron chi connectivity index (χ2n) is 2.51. The van der Waals surface area contributed by atoms with Crippen LogP contribution < -0.4 is 10.0 Å². The van der Waals surface area contributed by atoms with Crippen molar-refractivity contribution in [3.63, 3.8) is 0 Å². The fourth-order valence-electron chi connectivity index (χ4n) is 0.995. The zero-order valence-electron chi connectivity index (χ0n) is 7.17. The first-order valence-electron chi connectivity index (χ1n) is 3.68. The van der Waals surface area contributed by atoms with E-state index in [4.69, 9.17) is 9.84 Å². The molecule has 72 valence electrons. The number of ether oxygens (including phenoxy) is 1. The van der Waals surface area contributed by atoms with Gasteiger partial charge in [-0.2, -0.15) is 0 Å². The summed E-state index contributed by atoms with van der Waals surface area (Å²) in [5, 5.41) is 8.85. The van der Waals surface area contributed by atoms with Crippen LogP contribution in [0.4, 0.5) is 0 Å². The van der Waals surface area contributed by atoms with E-state index in [9.17, 15) is 9.46 Å². The van der Waals surface area contributed by atoms with Crippen LogP contribution in [0.25, 0.3) is 0 Å². The largest absolute Gasteiger partial charge is 0.496 e. The molecule has 0 saturated heterocycles. The number of rotatable bonds is 3. The molecular weight excluding hydrogens is 191 g/mol. The Morgan fingerprint density at radius 3 is 2.62 bits per heavy atom. The number of hydrogen-bond donors (Lipinski definition) is 2. The predicted octanol–water partition coefficient (Wildman–Crippen LogP) is 0.541. The Morgan fingerprint density at radius 1 is 1.46 bits per heavy atom. The second kappa shape index (κ2) is 3.92. The van der Waals surface area contributed by atoms with Gasteiger partial charge in [-0.3, -0.25) is 4.57 Å². The molecule has 1 aromatic rings. The minimum atomic E-state index is -3.65. The van der Waals surface area contributed by atoms with E-state index in [0.717, 1.165) is 0 Å². The molecule has 1 unspecified atom stereocenters. The van der Waals surface area contributed by atoms with Crippen molar-refractivity contribution in [2.75, 3.05) is 13.5 Å². The molecule has 1 atom stereocenters. The summed E-state index contributed by atoms with van der Waals surface area (Å²) in [4.78, 5) is 9.33. The molecule has 0 spiro atoms. The number of hydrogen-bond acceptors (Lipinski definition) is 3. The van der Waals surface area contributed by atoms with Crippen molar-refractivity contribution in [3.05, 3.63) is 24.3 Å². The molecule has 0 saturated carbocycles. The van der Waals surface area contributed by atoms with Crippen LogP contribution >= 0.6 is 7.37 Å². The van der Waals surface area contributed by atoms with Crippen molar-refractivity contribution in [2.45, 2.75) is 0 Å². The summed E-state index contributed by atoms with van der Waals surface area (Å²) < 4.78 is 16.3. The van der Waals surface area contributed by atoms with Crippen LogP contribution in [0.1, 0.15) is 0 Å². The molecular formula is C8H11O4P. The molecule has 2 N–H and O–H groups in total. The van der Waals surface area contributed by atoms with E-state index in [1.54, 1.807) is 18.2 Å². The van der Waals surface area contributed by atoms with Crippen LogP contribution in [-0.2, 0) is 4.57 Å². The smallest absolute Gasteiger partial charge is 0.257 e. The Kier molecular flexibility index (Phi) is 3.09. The summed E-state index contributed by atoms with van der Waals surface area (Å²) >= 11 is 0. The third kappa shape index (κ3) is 2.10. The molecule has 0 aromatic heterocycles. The Balaban J connectivity index is 3.21. The molecule has 0 aliphatic carbocycles. The van der Waals surface area contributed by atoms with Gasteiger partial charge in [0, 0.05) is 0 Å². The van der Waals surface area contributed by atoms with Gasteiger partial charge >= 0.3 is 0 Å². The molecule has 0 fully saturated rings. The SMILES string of the molecule is COc1ccccc1P(=O)(O)CO. The lowest BCUT2D eigenvalue weighted by Gasteiger charge is -2.11. The highest BCUT2D eigenvalue weighted by Gasteiger charge is 2.23. The summed E-state index contributed by atoms with van der Waals surface area (Å²) in [5.41, 5.74) is 0. The highest BCUT2D eigenvalue weighted by atomic mass is 31.2. The quantitative estimate of drug-likeness (QED) is 0.702. The fraction of sp³-hybridized carbons (Fsp3) is 0.250. The van der Waals surface area contributed by atoms with Crippen molar-refractivity contribution in [3.8, 4) is 5.75 Å². The first-order chi connectivity index (χ1) is 6.11. The van der Waals surface area contributed by atoms with Crippen molar-refractivity contribution >= 4 is 12.7 Å². The monoisotopic (exact) mass is 202 g/mol. The Hall–Kier alpha value is -0.830. The van der Waals surface area contributed by atoms with E-state index in [1.807, 2.05) is 0 Å². The maximum absolute atomic E-state index is 11.4. The van der Waals surface area contributed by atoms with Crippen LogP contribution in [0.2, 0.25) is 0 Å². The minimum absolute atomic E-state index is 0.153. The first kappa shape index (κ1) is 10.3. The van der Waals surface area contributed by atoms with Crippen LogP contribution in [0.15, 0.2) is 24.3 Å². The molecule has 0 aliphatic rings. The van der Waals surface area contributed by atoms with Crippen LogP contribution in [0.5, 0.6) is 5.75 Å². The lowest BCUT2D eigenvalue weighted by Crippen LogP contribution is -2.10. The van der Waals surface area contributed by atoms with Gasteiger partial charge in [0.2, 0.25) is 0 Å². The lowest BCUT2D eigenvalue weighted by atomic mass is 10.3. The van der Waals surface area contributed by atoms with E-state index in [-0.39, 0.29) is 5.30 Å². The molecule has 0 bridgehead atoms. The van der Waals surface area contributed by atoms with Crippen LogP contribution in [0, 0.1) is 0 Å². The van der Waals surface area contributed by atoms with E-state index in [0.29, 0.717) is 5.75 Å². The average Bonchev–Trinajstić information content (AvgIpc) is 2.18. The Morgan fingerprint density at radius 2 is 2.08 bits per heavy atom. The number of para-hydroxylation sites is 1. The second-order valence-corrected chi connectivity index (χ2v) is 4.68. The summed E-state index contributed by atoms with van der Waals surface area (Å²) in [6, 6.07) is 6.36. The van der Waals surface area contributed by atoms with Crippen molar-refractivity contribution in [1.29, 1.82) is 0 Å². The molecule has 0 radical (unpaired) electrons. The van der Waals surface area contributed by atoms with E-state index >= 15 is 0 Å². The van der Waals surface area contributed by atoms with Gasteiger partial charge in [-0.1, -0.05) is 12.1 Å². The summed E-state index contributed by atoms with van der Waals surface area (Å²) in [5.74, 6) is 0.322. The zero-order valence-corrected chi connectivity index (χ0v) is 8.07. The van der Waals surface area contributed by atoms with Gasteiger partial charge < -0.3 is 14.7 Å². The summed E-state index contributed by atoms with van der Waals surface area (Å²) in [7, 11) is -2.24. The van der Waals surface area contributed by atoms with Gasteiger partial charge in [-0.05, 0) is 12.1 Å². The standard InChI is InChI=1S/C8H11O4P/c1-12-7-4-2-3-5-8(7)13(10,11)6-9/h2-5,9H,6H2,1H3,(H,10,11). The highest BCUT2D eigenvalue weighted by Crippen LogP contribution is 2.40. The van der Waals surface area contributed by atoms with Crippen LogP contribution in [-0.4, -0.2) is 23.5 Å². The number of benzene rings is 1. The van der Waals surface area contributed by atoms with Gasteiger partial charge in [-0.15, -0.1) is 0 Å². The average molecular weight is 202 g/mol. The Bertz CT molecular complexity index is 337. The fourth-order valence-corrected chi connectivity index (χ4v) is 1.98. The molecule has 1 aromatic carbocycles. The normalized spacial score (nSPS) is 15.0. The molecule has 0 heterocycles. The van der Waals surface area contributed by atoms with E-state index in [1.165, 1.54) is 13.2 Å². The van der Waals surface area contributed by atoms with Gasteiger partial charge in [0.05, 0.1) is 12.4 Å². The summed E-state index contributed by atoms with van der Waals surface area (Å²) in [6.45, 7) is 0. The number of methoxy groups -OCH3 is 1. The molecule has 1 rings (SSSR count). The van der Waals surface area contributed by atoms with Crippen LogP contribution in [0.3, 0.4) is 0 Å². The van der Waals surface area contributed by atoms with Crippen molar-refractivity contribution < 1.29 is 19.3 Å². The topological polar surface area (TPSA) is 66.8 Å². The third-order valence-corrected chi connectivity index (χ3v) is 3.16. The molecule has 5 heteroatoms. The van der Waals surface area contributed by atoms with Gasteiger partial charge in [0.25, 0.3) is 7.37 Å². The van der Waals surface area contributed by atoms with Crippen molar-refractivity contribution in [2.24, 2.45) is 0 Å². The first-order valence-corrected chi connectivity index (χ1v) is 5.52. The van der Waals surface area contributed by atoms with E-state index in [2.05, 4.69) is 0 Å². The predicted molar refractivity (Wildman–Crippen MR) is 49.5 cm³/mol. The minimum Gasteiger partial charge on any atom is -0.496 e. The summed E-state index contributed by atoms with van der Waals surface area (Å²) in [6.07, 6.45) is -0.770. The Labute approximate surface area is 76.2 Å². The lowest BCUT2D eigenvalue weighted by molar-refractivity contribution is 0.336. The number of aliphatic hydroxyl groups excluding tert-OH is 1.